The summed E-state index contributed by atoms with van der Waals surface area (Å²) in [5.41, 5.74) is 2.30. The molecule has 0 bridgehead atoms. The number of nitrogens with one attached hydrogen (secondary N) is 2. The van der Waals surface area contributed by atoms with Crippen molar-refractivity contribution in [3.8, 4) is 0 Å². The van der Waals surface area contributed by atoms with Gasteiger partial charge in [0, 0.05) is 36.6 Å². The number of sulfonamides is 1. The highest BCUT2D eigenvalue weighted by Gasteiger charge is 2.40. The number of hydrogen-bond acceptors (Lipinski definition) is 4. The SMILES string of the molecule is O=C(CCN1C(=O)c2ccccc2S1(=O)=O)NCCc1c[nH]c2ccccc12. The molecule has 28 heavy (non-hydrogen) atoms. The molecular weight excluding hydrogens is 378 g/mol. The van der Waals surface area contributed by atoms with Gasteiger partial charge < -0.3 is 10.3 Å². The van der Waals surface area contributed by atoms with Crippen LogP contribution < -0.4 is 5.32 Å². The van der Waals surface area contributed by atoms with Crippen LogP contribution in [-0.4, -0.2) is 42.6 Å². The second-order valence-corrected chi connectivity index (χ2v) is 8.42. The average Bonchev–Trinajstić information content (AvgIpc) is 3.18. The van der Waals surface area contributed by atoms with Crippen LogP contribution in [0.15, 0.2) is 59.6 Å². The fourth-order valence-electron chi connectivity index (χ4n) is 3.42. The number of para-hydroxylation sites is 1. The molecule has 1 aromatic heterocycles. The number of rotatable bonds is 6. The summed E-state index contributed by atoms with van der Waals surface area (Å²) in [6.07, 6.45) is 2.50. The molecule has 0 saturated carbocycles. The van der Waals surface area contributed by atoms with Crippen LogP contribution in [0, 0.1) is 0 Å². The summed E-state index contributed by atoms with van der Waals surface area (Å²) in [5, 5.41) is 3.90. The Kier molecular flexibility index (Phi) is 4.64. The van der Waals surface area contributed by atoms with Crippen LogP contribution >= 0.6 is 0 Å². The third kappa shape index (κ3) is 3.16. The zero-order valence-corrected chi connectivity index (χ0v) is 15.8. The van der Waals surface area contributed by atoms with E-state index in [4.69, 9.17) is 0 Å². The number of fused-ring (bicyclic) bond motifs is 2. The molecule has 1 aliphatic heterocycles. The Hall–Kier alpha value is -3.13. The quantitative estimate of drug-likeness (QED) is 0.665. The largest absolute Gasteiger partial charge is 0.361 e. The van der Waals surface area contributed by atoms with Gasteiger partial charge in [0.1, 0.15) is 4.90 Å². The molecule has 8 heteroatoms. The molecule has 2 heterocycles. The van der Waals surface area contributed by atoms with E-state index in [1.807, 2.05) is 30.5 Å². The van der Waals surface area contributed by atoms with Crippen molar-refractivity contribution in [2.24, 2.45) is 0 Å². The van der Waals surface area contributed by atoms with Crippen molar-refractivity contribution in [3.05, 3.63) is 65.9 Å². The van der Waals surface area contributed by atoms with Crippen LogP contribution in [0.3, 0.4) is 0 Å². The van der Waals surface area contributed by atoms with Crippen molar-refractivity contribution in [2.45, 2.75) is 17.7 Å². The fourth-order valence-corrected chi connectivity index (χ4v) is 4.99. The molecule has 4 rings (SSSR count). The molecule has 0 unspecified atom stereocenters. The number of carbonyl (C=O) groups is 2. The number of carbonyl (C=O) groups excluding carboxylic acids is 2. The van der Waals surface area contributed by atoms with E-state index in [1.165, 1.54) is 12.1 Å². The Morgan fingerprint density at radius 2 is 1.82 bits per heavy atom. The van der Waals surface area contributed by atoms with Gasteiger partial charge in [-0.2, -0.15) is 0 Å². The van der Waals surface area contributed by atoms with Crippen molar-refractivity contribution in [3.63, 3.8) is 0 Å². The smallest absolute Gasteiger partial charge is 0.269 e. The van der Waals surface area contributed by atoms with E-state index in [0.717, 1.165) is 20.8 Å². The van der Waals surface area contributed by atoms with E-state index in [0.29, 0.717) is 13.0 Å². The number of hydrogen-bond donors (Lipinski definition) is 2. The minimum Gasteiger partial charge on any atom is -0.361 e. The molecule has 2 amide bonds. The second-order valence-electron chi connectivity index (χ2n) is 6.59. The van der Waals surface area contributed by atoms with E-state index in [2.05, 4.69) is 10.3 Å². The van der Waals surface area contributed by atoms with Gasteiger partial charge in [0.2, 0.25) is 5.91 Å². The highest BCUT2D eigenvalue weighted by Crippen LogP contribution is 2.29. The molecule has 0 spiro atoms. The van der Waals surface area contributed by atoms with Gasteiger partial charge in [-0.1, -0.05) is 30.3 Å². The van der Waals surface area contributed by atoms with Crippen molar-refractivity contribution >= 4 is 32.7 Å². The molecule has 0 atom stereocenters. The van der Waals surface area contributed by atoms with Gasteiger partial charge in [0.05, 0.1) is 5.56 Å². The lowest BCUT2D eigenvalue weighted by Gasteiger charge is -2.14. The summed E-state index contributed by atoms with van der Waals surface area (Å²) in [6.45, 7) is 0.260. The van der Waals surface area contributed by atoms with Crippen LogP contribution in [0.4, 0.5) is 0 Å². The van der Waals surface area contributed by atoms with Gasteiger partial charge in [-0.15, -0.1) is 0 Å². The monoisotopic (exact) mass is 397 g/mol. The average molecular weight is 397 g/mol. The third-order valence-electron chi connectivity index (χ3n) is 4.85. The second kappa shape index (κ2) is 7.12. The van der Waals surface area contributed by atoms with Crippen LogP contribution in [0.25, 0.3) is 10.9 Å². The Labute approximate surface area is 162 Å². The summed E-state index contributed by atoms with van der Waals surface area (Å²) in [4.78, 5) is 27.6. The molecule has 0 fully saturated rings. The van der Waals surface area contributed by atoms with Crippen molar-refractivity contribution < 1.29 is 18.0 Å². The standard InChI is InChI=1S/C20H19N3O4S/c24-19(21-11-9-14-13-22-17-7-3-1-5-15(14)17)10-12-23-20(25)16-6-2-4-8-18(16)28(23,26)27/h1-8,13,22H,9-12H2,(H,21,24). The minimum atomic E-state index is -3.87. The maximum absolute atomic E-state index is 12.5. The highest BCUT2D eigenvalue weighted by atomic mass is 32.2. The Balaban J connectivity index is 1.32. The number of H-pyrrole nitrogens is 1. The first kappa shape index (κ1) is 18.2. The molecule has 2 N–H and O–H groups in total. The Morgan fingerprint density at radius 3 is 2.64 bits per heavy atom. The zero-order valence-electron chi connectivity index (χ0n) is 15.0. The van der Waals surface area contributed by atoms with E-state index in [9.17, 15) is 18.0 Å². The minimum absolute atomic E-state index is 0.000237. The van der Waals surface area contributed by atoms with Gasteiger partial charge in [-0.05, 0) is 30.2 Å². The van der Waals surface area contributed by atoms with E-state index in [-0.39, 0.29) is 29.3 Å². The summed E-state index contributed by atoms with van der Waals surface area (Å²) in [7, 11) is -3.87. The van der Waals surface area contributed by atoms with Gasteiger partial charge in [-0.25, -0.2) is 12.7 Å². The van der Waals surface area contributed by atoms with Gasteiger partial charge >= 0.3 is 0 Å². The van der Waals surface area contributed by atoms with Gasteiger partial charge in [0.25, 0.3) is 15.9 Å². The predicted molar refractivity (Wildman–Crippen MR) is 104 cm³/mol. The lowest BCUT2D eigenvalue weighted by Crippen LogP contribution is -2.35. The van der Waals surface area contributed by atoms with Crippen molar-refractivity contribution in [1.82, 2.24) is 14.6 Å². The first-order chi connectivity index (χ1) is 13.5. The van der Waals surface area contributed by atoms with Crippen LogP contribution in [0.1, 0.15) is 22.3 Å². The molecule has 0 saturated heterocycles. The van der Waals surface area contributed by atoms with Crippen LogP contribution in [0.5, 0.6) is 0 Å². The number of benzene rings is 2. The molecule has 2 aromatic carbocycles. The van der Waals surface area contributed by atoms with E-state index in [1.54, 1.807) is 12.1 Å². The number of nitrogens with zero attached hydrogens (tertiary/aromatic N) is 1. The summed E-state index contributed by atoms with van der Waals surface area (Å²) in [5.74, 6) is -0.874. The molecule has 0 radical (unpaired) electrons. The molecular formula is C20H19N3O4S. The fraction of sp³-hybridized carbons (Fsp3) is 0.200. The summed E-state index contributed by atoms with van der Waals surface area (Å²) >= 11 is 0. The number of aromatic nitrogens is 1. The number of aromatic amines is 1. The van der Waals surface area contributed by atoms with Crippen LogP contribution in [-0.2, 0) is 21.2 Å². The van der Waals surface area contributed by atoms with E-state index < -0.39 is 15.9 Å². The Morgan fingerprint density at radius 1 is 1.07 bits per heavy atom. The first-order valence-corrected chi connectivity index (χ1v) is 10.4. The first-order valence-electron chi connectivity index (χ1n) is 8.96. The lowest BCUT2D eigenvalue weighted by molar-refractivity contribution is -0.121. The highest BCUT2D eigenvalue weighted by molar-refractivity contribution is 7.90. The molecule has 1 aliphatic rings. The lowest BCUT2D eigenvalue weighted by atomic mass is 10.1. The summed E-state index contributed by atoms with van der Waals surface area (Å²) < 4.78 is 25.7. The molecule has 3 aromatic rings. The topological polar surface area (TPSA) is 99.3 Å². The summed E-state index contributed by atoms with van der Waals surface area (Å²) in [6, 6.07) is 14.0. The normalized spacial score (nSPS) is 15.0. The molecule has 0 aliphatic carbocycles. The van der Waals surface area contributed by atoms with Crippen molar-refractivity contribution in [1.29, 1.82) is 0 Å². The predicted octanol–water partition coefficient (Wildman–Crippen LogP) is 2.06. The molecule has 7 nitrogen and oxygen atoms in total. The van der Waals surface area contributed by atoms with E-state index >= 15 is 0 Å². The van der Waals surface area contributed by atoms with Gasteiger partial charge in [-0.3, -0.25) is 9.59 Å². The third-order valence-corrected chi connectivity index (χ3v) is 6.69. The maximum Gasteiger partial charge on any atom is 0.269 e. The number of amides is 2. The molecule has 144 valence electrons. The van der Waals surface area contributed by atoms with Gasteiger partial charge in [0.15, 0.2) is 0 Å². The Bertz CT molecular complexity index is 1170. The van der Waals surface area contributed by atoms with Crippen molar-refractivity contribution in [2.75, 3.05) is 13.1 Å². The maximum atomic E-state index is 12.5. The van der Waals surface area contributed by atoms with Crippen LogP contribution in [0.2, 0.25) is 0 Å². The zero-order chi connectivity index (χ0) is 19.7.